The van der Waals surface area contributed by atoms with Gasteiger partial charge in [-0.05, 0) is 91.7 Å². The number of benzene rings is 3. The second-order valence-electron chi connectivity index (χ2n) is 8.47. The van der Waals surface area contributed by atoms with E-state index in [-0.39, 0.29) is 9.79 Å². The van der Waals surface area contributed by atoms with E-state index >= 15 is 0 Å². The summed E-state index contributed by atoms with van der Waals surface area (Å²) in [6.07, 6.45) is 3.17. The number of nitrogens with two attached hydrogens (primary N) is 1. The Kier molecular flexibility index (Phi) is 7.58. The van der Waals surface area contributed by atoms with Crippen molar-refractivity contribution in [3.63, 3.8) is 0 Å². The summed E-state index contributed by atoms with van der Waals surface area (Å²) < 4.78 is 26.1. The normalized spacial score (nSPS) is 10.9. The van der Waals surface area contributed by atoms with Crippen molar-refractivity contribution >= 4 is 50.3 Å². The Balaban J connectivity index is 1.37. The highest BCUT2D eigenvalue weighted by molar-refractivity contribution is 7.91. The van der Waals surface area contributed by atoms with Crippen LogP contribution in [0.4, 0.5) is 38.0 Å². The first-order valence-electron chi connectivity index (χ1n) is 11.5. The topological polar surface area (TPSA) is 155 Å². The van der Waals surface area contributed by atoms with Crippen LogP contribution in [0.3, 0.4) is 0 Å². The molecule has 0 bridgehead atoms. The van der Waals surface area contributed by atoms with Crippen LogP contribution in [0.2, 0.25) is 0 Å². The van der Waals surface area contributed by atoms with Crippen LogP contribution in [-0.2, 0) is 9.84 Å². The Morgan fingerprint density at radius 1 is 0.684 bits per heavy atom. The van der Waals surface area contributed by atoms with Gasteiger partial charge in [-0.1, -0.05) is 6.07 Å². The number of anilines is 5. The number of aromatic nitrogens is 1. The minimum atomic E-state index is -3.82. The summed E-state index contributed by atoms with van der Waals surface area (Å²) in [7, 11) is -3.82. The van der Waals surface area contributed by atoms with Gasteiger partial charge >= 0.3 is 12.1 Å². The number of hydrogen-bond acceptors (Lipinski definition) is 6. The van der Waals surface area contributed by atoms with Crippen LogP contribution < -0.4 is 27.0 Å². The molecule has 38 heavy (non-hydrogen) atoms. The average Bonchev–Trinajstić information content (AvgIpc) is 2.88. The molecule has 0 saturated carbocycles. The van der Waals surface area contributed by atoms with Crippen molar-refractivity contribution in [1.82, 2.24) is 4.98 Å². The molecule has 1 heterocycles. The quantitative estimate of drug-likeness (QED) is 0.210. The Hall–Kier alpha value is -4.90. The number of sulfone groups is 1. The average molecular weight is 531 g/mol. The third-order valence-electron chi connectivity index (χ3n) is 5.67. The number of carbonyl (C=O) groups excluding carboxylic acids is 2. The van der Waals surface area contributed by atoms with Gasteiger partial charge in [-0.25, -0.2) is 18.0 Å². The lowest BCUT2D eigenvalue weighted by Crippen LogP contribution is -2.20. The summed E-state index contributed by atoms with van der Waals surface area (Å²) in [5, 5.41) is 10.7. The van der Waals surface area contributed by atoms with Crippen molar-refractivity contribution in [3.8, 4) is 0 Å². The molecule has 0 fully saturated rings. The number of pyridine rings is 1. The lowest BCUT2D eigenvalue weighted by Gasteiger charge is -2.11. The first-order valence-corrected chi connectivity index (χ1v) is 13.0. The maximum atomic E-state index is 13.1. The number of nitrogen functional groups attached to an aromatic ring is 1. The minimum absolute atomic E-state index is 0.0558. The molecule has 4 aromatic rings. The van der Waals surface area contributed by atoms with Crippen LogP contribution in [0.1, 0.15) is 11.1 Å². The van der Waals surface area contributed by atoms with Gasteiger partial charge in [0, 0.05) is 28.9 Å². The molecule has 0 spiro atoms. The van der Waals surface area contributed by atoms with Gasteiger partial charge in [-0.2, -0.15) is 0 Å². The Morgan fingerprint density at radius 3 is 1.71 bits per heavy atom. The number of hydrogen-bond donors (Lipinski definition) is 5. The summed E-state index contributed by atoms with van der Waals surface area (Å²) in [4.78, 5) is 28.6. The smallest absolute Gasteiger partial charge is 0.323 e. The first-order chi connectivity index (χ1) is 18.1. The summed E-state index contributed by atoms with van der Waals surface area (Å²) in [6.45, 7) is 3.71. The molecule has 0 atom stereocenters. The van der Waals surface area contributed by atoms with E-state index in [9.17, 15) is 18.0 Å². The van der Waals surface area contributed by atoms with Crippen molar-refractivity contribution in [2.45, 2.75) is 23.6 Å². The van der Waals surface area contributed by atoms with Crippen LogP contribution in [-0.4, -0.2) is 25.5 Å². The largest absolute Gasteiger partial charge is 0.398 e. The molecule has 194 valence electrons. The van der Waals surface area contributed by atoms with Crippen molar-refractivity contribution in [2.75, 3.05) is 27.0 Å². The number of nitrogens with one attached hydrogen (secondary N) is 4. The zero-order chi connectivity index (χ0) is 27.3. The number of urea groups is 2. The second kappa shape index (κ2) is 11.0. The Morgan fingerprint density at radius 2 is 1.18 bits per heavy atom. The predicted octanol–water partition coefficient (Wildman–Crippen LogP) is 5.40. The van der Waals surface area contributed by atoms with E-state index in [1.807, 2.05) is 13.8 Å². The van der Waals surface area contributed by atoms with E-state index in [2.05, 4.69) is 26.3 Å². The van der Waals surface area contributed by atoms with Gasteiger partial charge in [0.25, 0.3) is 0 Å². The summed E-state index contributed by atoms with van der Waals surface area (Å²) >= 11 is 0. The van der Waals surface area contributed by atoms with Gasteiger partial charge in [-0.3, -0.25) is 4.98 Å². The van der Waals surface area contributed by atoms with Crippen LogP contribution in [0.5, 0.6) is 0 Å². The molecule has 0 saturated heterocycles. The summed E-state index contributed by atoms with van der Waals surface area (Å²) in [5.74, 6) is 0. The van der Waals surface area contributed by atoms with Crippen LogP contribution >= 0.6 is 0 Å². The van der Waals surface area contributed by atoms with Gasteiger partial charge in [0.2, 0.25) is 9.84 Å². The summed E-state index contributed by atoms with van der Waals surface area (Å²) in [5.41, 5.74) is 10.1. The summed E-state index contributed by atoms with van der Waals surface area (Å²) in [6, 6.07) is 17.6. The minimum Gasteiger partial charge on any atom is -0.398 e. The van der Waals surface area contributed by atoms with Crippen LogP contribution in [0, 0.1) is 13.8 Å². The van der Waals surface area contributed by atoms with E-state index < -0.39 is 21.9 Å². The number of rotatable bonds is 6. The first kappa shape index (κ1) is 26.2. The number of carbonyl (C=O) groups is 2. The zero-order valence-electron chi connectivity index (χ0n) is 20.6. The van der Waals surface area contributed by atoms with Gasteiger partial charge in [0.15, 0.2) is 0 Å². The third-order valence-corrected chi connectivity index (χ3v) is 7.45. The molecule has 10 nitrogen and oxygen atoms in total. The fourth-order valence-corrected chi connectivity index (χ4v) is 4.72. The highest BCUT2D eigenvalue weighted by atomic mass is 32.2. The number of nitrogens with zero attached hydrogens (tertiary/aromatic N) is 1. The molecule has 0 radical (unpaired) electrons. The molecule has 4 rings (SSSR count). The SMILES string of the molecule is Cc1ccc(NC(=O)Nc2ccc(S(=O)(=O)c3ccc(NC(=O)Nc4cnccc4C)cc3)cc2)cc1N. The van der Waals surface area contributed by atoms with E-state index in [4.69, 9.17) is 5.73 Å². The van der Waals surface area contributed by atoms with Gasteiger partial charge in [0.1, 0.15) is 0 Å². The molecule has 4 amide bonds. The van der Waals surface area contributed by atoms with Crippen LogP contribution in [0.25, 0.3) is 0 Å². The molecule has 0 aliphatic heterocycles. The zero-order valence-corrected chi connectivity index (χ0v) is 21.5. The standard InChI is InChI=1S/C27H26N6O4S/c1-17-3-4-21(15-24(17)28)32-26(34)30-19-5-9-22(10-6-19)38(36,37)23-11-7-20(8-12-23)31-27(35)33-25-16-29-14-13-18(25)2/h3-16H,28H2,1-2H3,(H2,30,32,34)(H2,31,33,35). The van der Waals surface area contributed by atoms with E-state index in [1.165, 1.54) is 54.7 Å². The van der Waals surface area contributed by atoms with Crippen molar-refractivity contribution < 1.29 is 18.0 Å². The van der Waals surface area contributed by atoms with Crippen molar-refractivity contribution in [3.05, 3.63) is 96.3 Å². The predicted molar refractivity (Wildman–Crippen MR) is 148 cm³/mol. The van der Waals surface area contributed by atoms with Gasteiger partial charge in [-0.15, -0.1) is 0 Å². The number of aryl methyl sites for hydroxylation is 2. The Bertz CT molecular complexity index is 1590. The van der Waals surface area contributed by atoms with Gasteiger partial charge in [0.05, 0.1) is 21.7 Å². The molecular formula is C27H26N6O4S. The molecule has 0 aliphatic carbocycles. The van der Waals surface area contributed by atoms with Gasteiger partial charge < -0.3 is 27.0 Å². The number of amides is 4. The molecule has 6 N–H and O–H groups in total. The molecule has 11 heteroatoms. The molecule has 1 aromatic heterocycles. The molecule has 3 aromatic carbocycles. The third kappa shape index (κ3) is 6.26. The van der Waals surface area contributed by atoms with Crippen LogP contribution in [0.15, 0.2) is 95.0 Å². The monoisotopic (exact) mass is 530 g/mol. The molecule has 0 unspecified atom stereocenters. The van der Waals surface area contributed by atoms with E-state index in [0.29, 0.717) is 28.4 Å². The molecular weight excluding hydrogens is 504 g/mol. The van der Waals surface area contributed by atoms with E-state index in [1.54, 1.807) is 30.5 Å². The highest BCUT2D eigenvalue weighted by Crippen LogP contribution is 2.24. The molecule has 0 aliphatic rings. The fraction of sp³-hybridized carbons (Fsp3) is 0.0741. The maximum Gasteiger partial charge on any atom is 0.323 e. The van der Waals surface area contributed by atoms with Crippen molar-refractivity contribution in [1.29, 1.82) is 0 Å². The van der Waals surface area contributed by atoms with Crippen molar-refractivity contribution in [2.24, 2.45) is 0 Å². The Labute approximate surface area is 220 Å². The lowest BCUT2D eigenvalue weighted by molar-refractivity contribution is 0.261. The highest BCUT2D eigenvalue weighted by Gasteiger charge is 2.18. The fourth-order valence-electron chi connectivity index (χ4n) is 3.46. The lowest BCUT2D eigenvalue weighted by atomic mass is 10.2. The maximum absolute atomic E-state index is 13.1. The second-order valence-corrected chi connectivity index (χ2v) is 10.4. The van der Waals surface area contributed by atoms with E-state index in [0.717, 1.165) is 11.1 Å².